The number of carboxylic acids is 1. The quantitative estimate of drug-likeness (QED) is 0.706. The molecule has 0 atom stereocenters. The van der Waals surface area contributed by atoms with Crippen molar-refractivity contribution in [2.45, 2.75) is 0 Å². The van der Waals surface area contributed by atoms with Gasteiger partial charge in [0.05, 0.1) is 5.56 Å². The first kappa shape index (κ1) is 8.83. The van der Waals surface area contributed by atoms with Crippen LogP contribution in [-0.4, -0.2) is 16.1 Å². The van der Waals surface area contributed by atoms with E-state index in [1.807, 2.05) is 6.07 Å². The van der Waals surface area contributed by atoms with Crippen molar-refractivity contribution in [3.63, 3.8) is 0 Å². The van der Waals surface area contributed by atoms with Gasteiger partial charge in [-0.1, -0.05) is 0 Å². The number of thiophene rings is 1. The number of nitrogen functional groups attached to an aromatic ring is 1. The number of aromatic carboxylic acids is 1. The maximum atomic E-state index is 10.7. The number of aromatic nitrogens is 1. The standard InChI is InChI=1S/C9H8N2O2S/c10-8-6(9(12)13)3-7(14-8)5-1-2-11-4-5/h1-4,11H,10H2,(H,12,13). The molecule has 72 valence electrons. The van der Waals surface area contributed by atoms with Gasteiger partial charge in [-0.2, -0.15) is 0 Å². The van der Waals surface area contributed by atoms with Gasteiger partial charge in [0.15, 0.2) is 0 Å². The maximum Gasteiger partial charge on any atom is 0.338 e. The van der Waals surface area contributed by atoms with Gasteiger partial charge in [0.1, 0.15) is 5.00 Å². The summed E-state index contributed by atoms with van der Waals surface area (Å²) in [4.78, 5) is 14.5. The Morgan fingerprint density at radius 2 is 2.36 bits per heavy atom. The van der Waals surface area contributed by atoms with E-state index >= 15 is 0 Å². The van der Waals surface area contributed by atoms with Crippen molar-refractivity contribution < 1.29 is 9.90 Å². The molecule has 0 fully saturated rings. The molecule has 2 heterocycles. The Morgan fingerprint density at radius 1 is 1.57 bits per heavy atom. The fourth-order valence-electron chi connectivity index (χ4n) is 1.19. The summed E-state index contributed by atoms with van der Waals surface area (Å²) < 4.78 is 0. The van der Waals surface area contributed by atoms with Gasteiger partial charge in [-0.3, -0.25) is 0 Å². The highest BCUT2D eigenvalue weighted by Crippen LogP contribution is 2.32. The van der Waals surface area contributed by atoms with E-state index in [9.17, 15) is 4.79 Å². The summed E-state index contributed by atoms with van der Waals surface area (Å²) in [5, 5.41) is 9.14. The number of hydrogen-bond donors (Lipinski definition) is 3. The summed E-state index contributed by atoms with van der Waals surface area (Å²) in [7, 11) is 0. The molecule has 0 unspecified atom stereocenters. The fourth-order valence-corrected chi connectivity index (χ4v) is 2.11. The molecular formula is C9H8N2O2S. The highest BCUT2D eigenvalue weighted by Gasteiger charge is 2.13. The van der Waals surface area contributed by atoms with Crippen LogP contribution in [0.25, 0.3) is 10.4 Å². The number of nitrogens with two attached hydrogens (primary N) is 1. The number of H-pyrrole nitrogens is 1. The van der Waals surface area contributed by atoms with E-state index in [0.29, 0.717) is 5.00 Å². The van der Waals surface area contributed by atoms with Gasteiger partial charge in [0.2, 0.25) is 0 Å². The number of nitrogens with one attached hydrogen (secondary N) is 1. The van der Waals surface area contributed by atoms with Crippen molar-refractivity contribution in [3.8, 4) is 10.4 Å². The zero-order chi connectivity index (χ0) is 10.1. The molecule has 4 N–H and O–H groups in total. The first-order valence-corrected chi connectivity index (χ1v) is 4.76. The normalized spacial score (nSPS) is 10.3. The highest BCUT2D eigenvalue weighted by molar-refractivity contribution is 7.19. The molecule has 2 rings (SSSR count). The minimum absolute atomic E-state index is 0.172. The molecule has 14 heavy (non-hydrogen) atoms. The van der Waals surface area contributed by atoms with Crippen LogP contribution in [0.1, 0.15) is 10.4 Å². The molecule has 2 aromatic heterocycles. The Hall–Kier alpha value is -1.75. The summed E-state index contributed by atoms with van der Waals surface area (Å²) in [6, 6.07) is 3.46. The second-order valence-corrected chi connectivity index (χ2v) is 3.88. The van der Waals surface area contributed by atoms with Crippen LogP contribution in [-0.2, 0) is 0 Å². The van der Waals surface area contributed by atoms with Gasteiger partial charge in [-0.15, -0.1) is 11.3 Å². The first-order chi connectivity index (χ1) is 6.68. The molecule has 0 amide bonds. The molecule has 0 aliphatic carbocycles. The highest BCUT2D eigenvalue weighted by atomic mass is 32.1. The molecule has 0 radical (unpaired) electrons. The first-order valence-electron chi connectivity index (χ1n) is 3.94. The molecule has 0 aliphatic rings. The van der Waals surface area contributed by atoms with Gasteiger partial charge in [0, 0.05) is 22.8 Å². The Labute approximate surface area is 84.0 Å². The summed E-state index contributed by atoms with van der Waals surface area (Å²) in [6.07, 6.45) is 3.59. The molecule has 2 aromatic rings. The van der Waals surface area contributed by atoms with Crippen LogP contribution in [0.15, 0.2) is 24.5 Å². The molecule has 5 heteroatoms. The summed E-state index contributed by atoms with van der Waals surface area (Å²) in [6.45, 7) is 0. The van der Waals surface area contributed by atoms with Crippen molar-refractivity contribution >= 4 is 22.3 Å². The molecular weight excluding hydrogens is 200 g/mol. The molecule has 0 saturated heterocycles. The van der Waals surface area contributed by atoms with Crippen LogP contribution in [0.5, 0.6) is 0 Å². The van der Waals surface area contributed by atoms with E-state index in [1.165, 1.54) is 11.3 Å². The lowest BCUT2D eigenvalue weighted by molar-refractivity contribution is 0.0698. The van der Waals surface area contributed by atoms with Gasteiger partial charge < -0.3 is 15.8 Å². The van der Waals surface area contributed by atoms with Crippen molar-refractivity contribution in [2.75, 3.05) is 5.73 Å². The lowest BCUT2D eigenvalue weighted by atomic mass is 10.2. The lowest BCUT2D eigenvalue weighted by Crippen LogP contribution is -1.97. The predicted octanol–water partition coefficient (Wildman–Crippen LogP) is 2.02. The van der Waals surface area contributed by atoms with Gasteiger partial charge in [0.25, 0.3) is 0 Å². The summed E-state index contributed by atoms with van der Waals surface area (Å²) in [5.74, 6) is -0.986. The van der Waals surface area contributed by atoms with E-state index in [4.69, 9.17) is 10.8 Å². The fraction of sp³-hybridized carbons (Fsp3) is 0. The third kappa shape index (κ3) is 1.38. The van der Waals surface area contributed by atoms with E-state index < -0.39 is 5.97 Å². The van der Waals surface area contributed by atoms with Crippen molar-refractivity contribution in [3.05, 3.63) is 30.1 Å². The van der Waals surface area contributed by atoms with Crippen molar-refractivity contribution in [2.24, 2.45) is 0 Å². The third-order valence-electron chi connectivity index (χ3n) is 1.87. The zero-order valence-electron chi connectivity index (χ0n) is 7.15. The maximum absolute atomic E-state index is 10.7. The van der Waals surface area contributed by atoms with E-state index in [0.717, 1.165) is 10.4 Å². The topological polar surface area (TPSA) is 79.1 Å². The second kappa shape index (κ2) is 3.19. The Bertz CT molecular complexity index is 459. The van der Waals surface area contributed by atoms with E-state index in [-0.39, 0.29) is 5.56 Å². The minimum Gasteiger partial charge on any atom is -0.478 e. The zero-order valence-corrected chi connectivity index (χ0v) is 7.97. The summed E-state index contributed by atoms with van der Waals surface area (Å²) >= 11 is 1.28. The third-order valence-corrected chi connectivity index (χ3v) is 2.89. The molecule has 0 spiro atoms. The lowest BCUT2D eigenvalue weighted by Gasteiger charge is -1.86. The van der Waals surface area contributed by atoms with Gasteiger partial charge in [-0.05, 0) is 12.1 Å². The second-order valence-electron chi connectivity index (χ2n) is 2.79. The van der Waals surface area contributed by atoms with Crippen LogP contribution < -0.4 is 5.73 Å². The van der Waals surface area contributed by atoms with Crippen LogP contribution in [0.3, 0.4) is 0 Å². The van der Waals surface area contributed by atoms with Gasteiger partial charge >= 0.3 is 5.97 Å². The van der Waals surface area contributed by atoms with Gasteiger partial charge in [-0.25, -0.2) is 4.79 Å². The van der Waals surface area contributed by atoms with Crippen molar-refractivity contribution in [1.82, 2.24) is 4.98 Å². The molecule has 4 nitrogen and oxygen atoms in total. The molecule has 0 aliphatic heterocycles. The Morgan fingerprint density at radius 3 is 2.86 bits per heavy atom. The van der Waals surface area contributed by atoms with Crippen LogP contribution in [0, 0.1) is 0 Å². The van der Waals surface area contributed by atoms with Crippen LogP contribution in [0.2, 0.25) is 0 Å². The average molecular weight is 208 g/mol. The number of carboxylic acid groups (broad SMARTS) is 1. The van der Waals surface area contributed by atoms with E-state index in [1.54, 1.807) is 18.5 Å². The number of anilines is 1. The SMILES string of the molecule is Nc1sc(-c2cc[nH]c2)cc1C(=O)O. The number of carbonyl (C=O) groups is 1. The Kier molecular flexibility index (Phi) is 2.01. The van der Waals surface area contributed by atoms with E-state index in [2.05, 4.69) is 4.98 Å². The van der Waals surface area contributed by atoms with Crippen LogP contribution in [0.4, 0.5) is 5.00 Å². The average Bonchev–Trinajstić information content (AvgIpc) is 2.70. The minimum atomic E-state index is -0.986. The number of hydrogen-bond acceptors (Lipinski definition) is 3. The van der Waals surface area contributed by atoms with Crippen molar-refractivity contribution in [1.29, 1.82) is 0 Å². The molecule has 0 bridgehead atoms. The summed E-state index contributed by atoms with van der Waals surface area (Å²) in [5.41, 5.74) is 6.70. The smallest absolute Gasteiger partial charge is 0.338 e. The molecule has 0 saturated carbocycles. The van der Waals surface area contributed by atoms with Crippen LogP contribution >= 0.6 is 11.3 Å². The monoisotopic (exact) mass is 208 g/mol. The number of rotatable bonds is 2. The molecule has 0 aromatic carbocycles. The number of aromatic amines is 1. The largest absolute Gasteiger partial charge is 0.478 e. The predicted molar refractivity (Wildman–Crippen MR) is 55.5 cm³/mol. The Balaban J connectivity index is 2.48.